The smallest absolute Gasteiger partial charge is 0.247 e. The van der Waals surface area contributed by atoms with E-state index in [9.17, 15) is 4.79 Å². The second-order valence-corrected chi connectivity index (χ2v) is 8.17. The summed E-state index contributed by atoms with van der Waals surface area (Å²) in [4.78, 5) is 15.0. The number of carbonyl (C=O) groups is 1. The van der Waals surface area contributed by atoms with E-state index in [1.807, 2.05) is 49.4 Å². The van der Waals surface area contributed by atoms with E-state index in [-0.39, 0.29) is 11.9 Å². The molecule has 0 aliphatic carbocycles. The number of nitrogens with one attached hydrogen (secondary N) is 1. The molecule has 2 aromatic carbocycles. The van der Waals surface area contributed by atoms with Gasteiger partial charge in [0.15, 0.2) is 0 Å². The van der Waals surface area contributed by atoms with Crippen molar-refractivity contribution in [2.45, 2.75) is 38.6 Å². The van der Waals surface area contributed by atoms with Gasteiger partial charge >= 0.3 is 0 Å². The predicted molar refractivity (Wildman–Crippen MR) is 122 cm³/mol. The van der Waals surface area contributed by atoms with Crippen molar-refractivity contribution in [1.82, 2.24) is 20.4 Å². The van der Waals surface area contributed by atoms with E-state index in [1.165, 1.54) is 18.4 Å². The Balaban J connectivity index is 1.34. The molecule has 1 aliphatic rings. The standard InChI is InChI=1S/C25H30N4O3/c1-18-9-11-19(12-10-18)25-28-27-24(32-25)14-13-23(30)26-17-21(29-15-5-6-16-29)20-7-3-4-8-22(20)31-2/h3-4,7-12,21H,5-6,13-17H2,1-2H3,(H,26,30). The molecule has 2 heterocycles. The number of hydrogen-bond acceptors (Lipinski definition) is 6. The van der Waals surface area contributed by atoms with Crippen molar-refractivity contribution in [2.24, 2.45) is 0 Å². The first kappa shape index (κ1) is 22.0. The van der Waals surface area contributed by atoms with Crippen LogP contribution >= 0.6 is 0 Å². The zero-order valence-electron chi connectivity index (χ0n) is 18.7. The molecule has 1 aliphatic heterocycles. The summed E-state index contributed by atoms with van der Waals surface area (Å²) in [5.41, 5.74) is 3.16. The number of methoxy groups -OCH3 is 1. The highest BCUT2D eigenvalue weighted by molar-refractivity contribution is 5.76. The molecular weight excluding hydrogens is 404 g/mol. The van der Waals surface area contributed by atoms with Gasteiger partial charge in [-0.1, -0.05) is 35.9 Å². The van der Waals surface area contributed by atoms with E-state index in [2.05, 4.69) is 26.5 Å². The van der Waals surface area contributed by atoms with Crippen LogP contribution in [0.2, 0.25) is 0 Å². The van der Waals surface area contributed by atoms with Crippen LogP contribution in [-0.4, -0.2) is 47.7 Å². The van der Waals surface area contributed by atoms with Crippen molar-refractivity contribution in [3.05, 3.63) is 65.5 Å². The Hall–Kier alpha value is -3.19. The normalized spacial score (nSPS) is 14.9. The Morgan fingerprint density at radius 1 is 1.12 bits per heavy atom. The molecule has 0 bridgehead atoms. The predicted octanol–water partition coefficient (Wildman–Crippen LogP) is 3.94. The summed E-state index contributed by atoms with van der Waals surface area (Å²) in [6.45, 7) is 4.63. The number of rotatable bonds is 9. The fraction of sp³-hybridized carbons (Fsp3) is 0.400. The SMILES string of the molecule is COc1ccccc1C(CNC(=O)CCc1nnc(-c2ccc(C)cc2)o1)N1CCCC1. The summed E-state index contributed by atoms with van der Waals surface area (Å²) in [7, 11) is 1.69. The molecule has 1 fully saturated rings. The van der Waals surface area contributed by atoms with Crippen LogP contribution < -0.4 is 10.1 Å². The highest BCUT2D eigenvalue weighted by Crippen LogP contribution is 2.31. The molecule has 1 amide bonds. The maximum atomic E-state index is 12.6. The number of aromatic nitrogens is 2. The first-order chi connectivity index (χ1) is 15.6. The Morgan fingerprint density at radius 2 is 1.88 bits per heavy atom. The lowest BCUT2D eigenvalue weighted by molar-refractivity contribution is -0.121. The van der Waals surface area contributed by atoms with Gasteiger partial charge in [-0.05, 0) is 51.1 Å². The molecule has 1 unspecified atom stereocenters. The van der Waals surface area contributed by atoms with Gasteiger partial charge in [0, 0.05) is 30.5 Å². The molecule has 4 rings (SSSR count). The summed E-state index contributed by atoms with van der Waals surface area (Å²) in [6.07, 6.45) is 3.07. The van der Waals surface area contributed by atoms with Gasteiger partial charge in [0.1, 0.15) is 5.75 Å². The van der Waals surface area contributed by atoms with Crippen LogP contribution in [-0.2, 0) is 11.2 Å². The topological polar surface area (TPSA) is 80.5 Å². The second-order valence-electron chi connectivity index (χ2n) is 8.17. The van der Waals surface area contributed by atoms with Crippen LogP contribution in [0.3, 0.4) is 0 Å². The molecule has 0 radical (unpaired) electrons. The molecule has 1 atom stereocenters. The van der Waals surface area contributed by atoms with Gasteiger partial charge in [0.25, 0.3) is 0 Å². The lowest BCUT2D eigenvalue weighted by Gasteiger charge is -2.29. The highest BCUT2D eigenvalue weighted by atomic mass is 16.5. The van der Waals surface area contributed by atoms with Crippen LogP contribution in [0.5, 0.6) is 5.75 Å². The molecule has 32 heavy (non-hydrogen) atoms. The number of amides is 1. The van der Waals surface area contributed by atoms with Gasteiger partial charge in [-0.2, -0.15) is 0 Å². The fourth-order valence-corrected chi connectivity index (χ4v) is 4.12. The summed E-state index contributed by atoms with van der Waals surface area (Å²) in [5, 5.41) is 11.3. The van der Waals surface area contributed by atoms with Crippen molar-refractivity contribution in [1.29, 1.82) is 0 Å². The van der Waals surface area contributed by atoms with Crippen molar-refractivity contribution in [2.75, 3.05) is 26.7 Å². The largest absolute Gasteiger partial charge is 0.496 e. The summed E-state index contributed by atoms with van der Waals surface area (Å²) < 4.78 is 11.3. The first-order valence-corrected chi connectivity index (χ1v) is 11.2. The van der Waals surface area contributed by atoms with Crippen molar-refractivity contribution in [3.63, 3.8) is 0 Å². The molecule has 3 aromatic rings. The minimum absolute atomic E-state index is 0.0285. The van der Waals surface area contributed by atoms with Gasteiger partial charge in [-0.3, -0.25) is 9.69 Å². The van der Waals surface area contributed by atoms with Gasteiger partial charge in [-0.25, -0.2) is 0 Å². The van der Waals surface area contributed by atoms with Gasteiger partial charge in [0.2, 0.25) is 17.7 Å². The number of ether oxygens (including phenoxy) is 1. The molecule has 1 N–H and O–H groups in total. The molecule has 1 saturated heterocycles. The minimum Gasteiger partial charge on any atom is -0.496 e. The van der Waals surface area contributed by atoms with E-state index in [0.29, 0.717) is 31.2 Å². The van der Waals surface area contributed by atoms with Crippen molar-refractivity contribution < 1.29 is 13.9 Å². The summed E-state index contributed by atoms with van der Waals surface area (Å²) in [5.74, 6) is 1.77. The van der Waals surface area contributed by atoms with E-state index >= 15 is 0 Å². The zero-order chi connectivity index (χ0) is 22.3. The lowest BCUT2D eigenvalue weighted by Crippen LogP contribution is -2.37. The molecule has 168 valence electrons. The highest BCUT2D eigenvalue weighted by Gasteiger charge is 2.26. The van der Waals surface area contributed by atoms with Gasteiger partial charge in [-0.15, -0.1) is 10.2 Å². The maximum absolute atomic E-state index is 12.6. The van der Waals surface area contributed by atoms with Crippen LogP contribution in [0, 0.1) is 6.92 Å². The van der Waals surface area contributed by atoms with Crippen LogP contribution in [0.4, 0.5) is 0 Å². The molecule has 7 nitrogen and oxygen atoms in total. The Bertz CT molecular complexity index is 1030. The number of carbonyl (C=O) groups excluding carboxylic acids is 1. The maximum Gasteiger partial charge on any atom is 0.247 e. The third-order valence-corrected chi connectivity index (χ3v) is 5.90. The molecule has 0 spiro atoms. The molecule has 1 aromatic heterocycles. The van der Waals surface area contributed by atoms with Crippen LogP contribution in [0.1, 0.15) is 42.3 Å². The average molecular weight is 435 g/mol. The monoisotopic (exact) mass is 434 g/mol. The zero-order valence-corrected chi connectivity index (χ0v) is 18.7. The quantitative estimate of drug-likeness (QED) is 0.549. The van der Waals surface area contributed by atoms with Gasteiger partial charge in [0.05, 0.1) is 13.2 Å². The molecule has 7 heteroatoms. The summed E-state index contributed by atoms with van der Waals surface area (Å²) in [6, 6.07) is 16.1. The lowest BCUT2D eigenvalue weighted by atomic mass is 10.0. The first-order valence-electron chi connectivity index (χ1n) is 11.2. The van der Waals surface area contributed by atoms with E-state index in [1.54, 1.807) is 7.11 Å². The molecular formula is C25H30N4O3. The second kappa shape index (κ2) is 10.4. The number of para-hydroxylation sites is 1. The number of aryl methyl sites for hydroxylation is 2. The minimum atomic E-state index is -0.0285. The summed E-state index contributed by atoms with van der Waals surface area (Å²) >= 11 is 0. The fourth-order valence-electron chi connectivity index (χ4n) is 4.12. The van der Waals surface area contributed by atoms with Crippen LogP contribution in [0.25, 0.3) is 11.5 Å². The van der Waals surface area contributed by atoms with Crippen LogP contribution in [0.15, 0.2) is 52.9 Å². The van der Waals surface area contributed by atoms with Crippen molar-refractivity contribution >= 4 is 5.91 Å². The third kappa shape index (κ3) is 5.34. The average Bonchev–Trinajstić information content (AvgIpc) is 3.51. The Morgan fingerprint density at radius 3 is 2.62 bits per heavy atom. The van der Waals surface area contributed by atoms with Crippen molar-refractivity contribution in [3.8, 4) is 17.2 Å². The van der Waals surface area contributed by atoms with Gasteiger partial charge < -0.3 is 14.5 Å². The Kier molecular flexibility index (Phi) is 7.17. The third-order valence-electron chi connectivity index (χ3n) is 5.90. The Labute approximate surface area is 188 Å². The number of likely N-dealkylation sites (tertiary alicyclic amines) is 1. The molecule has 0 saturated carbocycles. The van der Waals surface area contributed by atoms with E-state index in [4.69, 9.17) is 9.15 Å². The number of nitrogens with zero attached hydrogens (tertiary/aromatic N) is 3. The van der Waals surface area contributed by atoms with E-state index in [0.717, 1.165) is 30.0 Å². The number of hydrogen-bond donors (Lipinski definition) is 1. The van der Waals surface area contributed by atoms with E-state index < -0.39 is 0 Å². The number of benzene rings is 2.